The third-order valence-electron chi connectivity index (χ3n) is 3.15. The largest absolute Gasteiger partial charge is 0.479 e. The Kier molecular flexibility index (Phi) is 4.24. The van der Waals surface area contributed by atoms with Gasteiger partial charge in [0.1, 0.15) is 24.1 Å². The monoisotopic (exact) mass is 284 g/mol. The van der Waals surface area contributed by atoms with E-state index in [1.54, 1.807) is 31.2 Å². The summed E-state index contributed by atoms with van der Waals surface area (Å²) in [5.41, 5.74) is 0.760. The van der Waals surface area contributed by atoms with Crippen LogP contribution in [0.4, 0.5) is 0 Å². The Morgan fingerprint density at radius 2 is 1.80 bits per heavy atom. The van der Waals surface area contributed by atoms with Crippen molar-refractivity contribution in [2.45, 2.75) is 37.6 Å². The topological polar surface area (TPSA) is 116 Å². The molecule has 0 unspecified atom stereocenters. The molecule has 1 aromatic rings. The molecule has 1 saturated heterocycles. The van der Waals surface area contributed by atoms with Crippen LogP contribution in [0.3, 0.4) is 0 Å². The number of carboxylic acids is 1. The number of aliphatic hydroxyl groups excluding tert-OH is 3. The van der Waals surface area contributed by atoms with Gasteiger partial charge in [-0.2, -0.15) is 0 Å². The Morgan fingerprint density at radius 3 is 2.40 bits per heavy atom. The number of para-hydroxylation sites is 1. The number of hydrogen-bond donors (Lipinski definition) is 4. The lowest BCUT2D eigenvalue weighted by molar-refractivity contribution is -0.271. The van der Waals surface area contributed by atoms with E-state index in [2.05, 4.69) is 0 Å². The van der Waals surface area contributed by atoms with Crippen molar-refractivity contribution in [3.8, 4) is 5.75 Å². The van der Waals surface area contributed by atoms with Gasteiger partial charge in [0.05, 0.1) is 0 Å². The molecule has 1 fully saturated rings. The molecule has 0 radical (unpaired) electrons. The van der Waals surface area contributed by atoms with Crippen molar-refractivity contribution in [3.05, 3.63) is 29.8 Å². The molecule has 1 aliphatic rings. The van der Waals surface area contributed by atoms with Gasteiger partial charge in [-0.1, -0.05) is 18.2 Å². The molecule has 110 valence electrons. The van der Waals surface area contributed by atoms with Gasteiger partial charge in [-0.3, -0.25) is 0 Å². The number of carboxylic acid groups (broad SMARTS) is 1. The smallest absolute Gasteiger partial charge is 0.335 e. The molecular weight excluding hydrogens is 268 g/mol. The summed E-state index contributed by atoms with van der Waals surface area (Å²) in [6.45, 7) is 1.77. The van der Waals surface area contributed by atoms with Crippen LogP contribution in [0.2, 0.25) is 0 Å². The van der Waals surface area contributed by atoms with Crippen LogP contribution in [-0.2, 0) is 9.53 Å². The Balaban J connectivity index is 2.18. The zero-order valence-corrected chi connectivity index (χ0v) is 10.7. The van der Waals surface area contributed by atoms with Crippen molar-refractivity contribution in [1.82, 2.24) is 0 Å². The van der Waals surface area contributed by atoms with Crippen LogP contribution >= 0.6 is 0 Å². The van der Waals surface area contributed by atoms with Crippen LogP contribution in [0.15, 0.2) is 24.3 Å². The lowest BCUT2D eigenvalue weighted by Crippen LogP contribution is -2.61. The van der Waals surface area contributed by atoms with E-state index in [0.29, 0.717) is 5.75 Å². The third-order valence-corrected chi connectivity index (χ3v) is 3.15. The summed E-state index contributed by atoms with van der Waals surface area (Å²) in [5, 5.41) is 37.9. The number of hydrogen-bond acceptors (Lipinski definition) is 6. The molecule has 0 amide bonds. The molecule has 5 atom stereocenters. The Hall–Kier alpha value is -1.67. The van der Waals surface area contributed by atoms with E-state index < -0.39 is 36.7 Å². The first-order valence-corrected chi connectivity index (χ1v) is 6.06. The maximum absolute atomic E-state index is 10.9. The zero-order chi connectivity index (χ0) is 14.9. The van der Waals surface area contributed by atoms with Gasteiger partial charge in [0, 0.05) is 0 Å². The SMILES string of the molecule is Cc1ccccc1O[C@H]1O[C@H](C(=O)O)[C@@H](O)[C@H](O)[C@H]1O. The molecule has 0 saturated carbocycles. The summed E-state index contributed by atoms with van der Waals surface area (Å²) in [6.07, 6.45) is -7.99. The van der Waals surface area contributed by atoms with Gasteiger partial charge in [0.15, 0.2) is 6.10 Å². The number of aryl methyl sites for hydroxylation is 1. The maximum Gasteiger partial charge on any atom is 0.335 e. The standard InChI is InChI=1S/C13H16O7/c1-6-4-2-3-5-7(6)19-13-10(16)8(14)9(15)11(20-13)12(17)18/h2-5,8-11,13-16H,1H3,(H,17,18)/t8-,9-,10+,11-,13-/m0/s1. The molecule has 1 heterocycles. The molecular formula is C13H16O7. The lowest BCUT2D eigenvalue weighted by Gasteiger charge is -2.38. The van der Waals surface area contributed by atoms with E-state index in [1.165, 1.54) is 0 Å². The molecule has 0 bridgehead atoms. The molecule has 20 heavy (non-hydrogen) atoms. The third kappa shape index (κ3) is 2.75. The lowest BCUT2D eigenvalue weighted by atomic mass is 9.99. The second kappa shape index (κ2) is 5.76. The molecule has 1 aliphatic heterocycles. The molecule has 7 nitrogen and oxygen atoms in total. The minimum Gasteiger partial charge on any atom is -0.479 e. The van der Waals surface area contributed by atoms with Crippen molar-refractivity contribution in [2.24, 2.45) is 0 Å². The minimum absolute atomic E-state index is 0.393. The molecule has 0 aromatic heterocycles. The van der Waals surface area contributed by atoms with E-state index in [0.717, 1.165) is 5.56 Å². The van der Waals surface area contributed by atoms with Crippen molar-refractivity contribution in [2.75, 3.05) is 0 Å². The van der Waals surface area contributed by atoms with Gasteiger partial charge in [-0.25, -0.2) is 4.79 Å². The summed E-state index contributed by atoms with van der Waals surface area (Å²) in [7, 11) is 0. The van der Waals surface area contributed by atoms with Crippen molar-refractivity contribution in [3.63, 3.8) is 0 Å². The van der Waals surface area contributed by atoms with Gasteiger partial charge in [0.25, 0.3) is 0 Å². The summed E-state index contributed by atoms with van der Waals surface area (Å²) < 4.78 is 10.4. The highest BCUT2D eigenvalue weighted by molar-refractivity contribution is 5.73. The van der Waals surface area contributed by atoms with Crippen LogP contribution in [-0.4, -0.2) is 57.1 Å². The Morgan fingerprint density at radius 1 is 1.15 bits per heavy atom. The predicted octanol–water partition coefficient (Wildman–Crippen LogP) is -0.734. The van der Waals surface area contributed by atoms with Crippen molar-refractivity contribution < 1.29 is 34.7 Å². The molecule has 1 aromatic carbocycles. The number of carbonyl (C=O) groups is 1. The van der Waals surface area contributed by atoms with Crippen LogP contribution in [0.5, 0.6) is 5.75 Å². The van der Waals surface area contributed by atoms with Crippen LogP contribution in [0, 0.1) is 6.92 Å². The van der Waals surface area contributed by atoms with Gasteiger partial charge in [-0.15, -0.1) is 0 Å². The fourth-order valence-electron chi connectivity index (χ4n) is 1.96. The average Bonchev–Trinajstić information content (AvgIpc) is 2.41. The number of aliphatic carboxylic acids is 1. The highest BCUT2D eigenvalue weighted by Crippen LogP contribution is 2.26. The fraction of sp³-hybridized carbons (Fsp3) is 0.462. The number of rotatable bonds is 3. The van der Waals surface area contributed by atoms with E-state index >= 15 is 0 Å². The molecule has 0 spiro atoms. The first kappa shape index (κ1) is 14.7. The van der Waals surface area contributed by atoms with E-state index in [-0.39, 0.29) is 0 Å². The first-order valence-electron chi connectivity index (χ1n) is 6.06. The highest BCUT2D eigenvalue weighted by atomic mass is 16.7. The zero-order valence-electron chi connectivity index (χ0n) is 10.7. The number of benzene rings is 1. The van der Waals surface area contributed by atoms with Crippen LogP contribution in [0.25, 0.3) is 0 Å². The van der Waals surface area contributed by atoms with E-state index in [4.69, 9.17) is 14.6 Å². The van der Waals surface area contributed by atoms with Crippen molar-refractivity contribution in [1.29, 1.82) is 0 Å². The van der Waals surface area contributed by atoms with Gasteiger partial charge in [0.2, 0.25) is 6.29 Å². The first-order chi connectivity index (χ1) is 9.41. The summed E-state index contributed by atoms with van der Waals surface area (Å²) in [5.74, 6) is -1.05. The Labute approximate surface area is 115 Å². The molecule has 2 rings (SSSR count). The predicted molar refractivity (Wildman–Crippen MR) is 66.1 cm³/mol. The van der Waals surface area contributed by atoms with Crippen LogP contribution < -0.4 is 4.74 Å². The maximum atomic E-state index is 10.9. The van der Waals surface area contributed by atoms with Crippen molar-refractivity contribution >= 4 is 5.97 Å². The summed E-state index contributed by atoms with van der Waals surface area (Å²) in [4.78, 5) is 10.9. The van der Waals surface area contributed by atoms with Gasteiger partial charge >= 0.3 is 5.97 Å². The van der Waals surface area contributed by atoms with E-state index in [9.17, 15) is 20.1 Å². The van der Waals surface area contributed by atoms with Gasteiger partial charge in [-0.05, 0) is 18.6 Å². The number of aliphatic hydroxyl groups is 3. The Bertz CT molecular complexity index is 489. The second-order valence-electron chi connectivity index (χ2n) is 4.62. The average molecular weight is 284 g/mol. The summed E-state index contributed by atoms with van der Waals surface area (Å²) in [6, 6.07) is 6.89. The summed E-state index contributed by atoms with van der Waals surface area (Å²) >= 11 is 0. The number of ether oxygens (including phenoxy) is 2. The van der Waals surface area contributed by atoms with Gasteiger partial charge < -0.3 is 29.9 Å². The minimum atomic E-state index is -1.72. The fourth-order valence-corrected chi connectivity index (χ4v) is 1.96. The second-order valence-corrected chi connectivity index (χ2v) is 4.62. The molecule has 7 heteroatoms. The quantitative estimate of drug-likeness (QED) is 0.578. The van der Waals surface area contributed by atoms with Crippen LogP contribution in [0.1, 0.15) is 5.56 Å². The normalized spacial score (nSPS) is 33.7. The molecule has 0 aliphatic carbocycles. The van der Waals surface area contributed by atoms with E-state index in [1.807, 2.05) is 0 Å². The molecule has 4 N–H and O–H groups in total. The highest BCUT2D eigenvalue weighted by Gasteiger charge is 2.48.